The molecular formula is C64H74N2. The van der Waals surface area contributed by atoms with Gasteiger partial charge in [-0.05, 0) is 202 Å². The highest BCUT2D eigenvalue weighted by molar-refractivity contribution is 5.91. The Kier molecular flexibility index (Phi) is 14.4. The Morgan fingerprint density at radius 3 is 1.21 bits per heavy atom. The van der Waals surface area contributed by atoms with Crippen LogP contribution in [0.15, 0.2) is 133 Å². The lowest BCUT2D eigenvalue weighted by molar-refractivity contribution is 0.664. The molecule has 1 aliphatic carbocycles. The van der Waals surface area contributed by atoms with Crippen molar-refractivity contribution in [3.05, 3.63) is 200 Å². The first-order valence-electron chi connectivity index (χ1n) is 25.3. The Morgan fingerprint density at radius 2 is 0.788 bits per heavy atom. The molecule has 8 rings (SSSR count). The first-order valence-corrected chi connectivity index (χ1v) is 25.3. The number of rotatable bonds is 18. The van der Waals surface area contributed by atoms with E-state index in [9.17, 15) is 0 Å². The summed E-state index contributed by atoms with van der Waals surface area (Å²) in [6.45, 7) is 23.0. The predicted molar refractivity (Wildman–Crippen MR) is 287 cm³/mol. The molecule has 0 radical (unpaired) electrons. The Hall–Kier alpha value is -5.86. The van der Waals surface area contributed by atoms with E-state index in [0.29, 0.717) is 0 Å². The van der Waals surface area contributed by atoms with Gasteiger partial charge in [0, 0.05) is 28.2 Å². The molecule has 2 nitrogen and oxygen atoms in total. The Bertz CT molecular complexity index is 2580. The minimum absolute atomic E-state index is 0.420. The number of hydrogen-bond acceptors (Lipinski definition) is 2. The van der Waals surface area contributed by atoms with Crippen LogP contribution in [0.25, 0.3) is 11.1 Å². The summed E-state index contributed by atoms with van der Waals surface area (Å²) in [7, 11) is 0. The third kappa shape index (κ3) is 9.40. The summed E-state index contributed by atoms with van der Waals surface area (Å²) in [5.74, 6) is 0. The molecule has 0 amide bonds. The van der Waals surface area contributed by atoms with Gasteiger partial charge < -0.3 is 9.80 Å². The largest absolute Gasteiger partial charge is 0.310 e. The van der Waals surface area contributed by atoms with Crippen LogP contribution in [0, 0.1) is 41.5 Å². The monoisotopic (exact) mass is 871 g/mol. The van der Waals surface area contributed by atoms with Gasteiger partial charge in [-0.15, -0.1) is 0 Å². The van der Waals surface area contributed by atoms with Gasteiger partial charge in [-0.1, -0.05) is 149 Å². The van der Waals surface area contributed by atoms with Crippen LogP contribution in [-0.2, 0) is 24.7 Å². The molecule has 66 heavy (non-hydrogen) atoms. The van der Waals surface area contributed by atoms with Crippen LogP contribution in [0.5, 0.6) is 0 Å². The summed E-state index contributed by atoms with van der Waals surface area (Å²) in [6.07, 6.45) is 13.2. The highest BCUT2D eigenvalue weighted by atomic mass is 15.2. The van der Waals surface area contributed by atoms with E-state index in [1.54, 1.807) is 0 Å². The molecule has 0 atom stereocenters. The SMILES string of the molecule is CCCCCCc1cccc(C2(C)c3cc(N(c4ccc(C)cc4)c4c(C)cc(CCCC)cc4C)ccc3-c3ccc(N(c4ccc(C)cc4)c4c(C)cc(CCCC)cc4C)cc32)c1. The highest BCUT2D eigenvalue weighted by Crippen LogP contribution is 2.56. The number of nitrogens with zero attached hydrogens (tertiary/aromatic N) is 2. The molecule has 1 aliphatic rings. The molecule has 0 heterocycles. The van der Waals surface area contributed by atoms with Gasteiger partial charge in [-0.2, -0.15) is 0 Å². The summed E-state index contributed by atoms with van der Waals surface area (Å²) < 4.78 is 0. The third-order valence-electron chi connectivity index (χ3n) is 14.5. The average molecular weight is 871 g/mol. The summed E-state index contributed by atoms with van der Waals surface area (Å²) in [5.41, 5.74) is 25.6. The molecule has 0 aromatic heterocycles. The van der Waals surface area contributed by atoms with Crippen molar-refractivity contribution < 1.29 is 0 Å². The lowest BCUT2D eigenvalue weighted by Gasteiger charge is -2.33. The summed E-state index contributed by atoms with van der Waals surface area (Å²) in [4.78, 5) is 5.06. The smallest absolute Gasteiger partial charge is 0.0520 e. The standard InChI is InChI=1S/C64H74N2/c1-11-14-17-18-22-50-23-19-24-53(41-50)64(10)60-42-56(65(54-29-25-44(4)26-30-54)62-46(6)37-51(20-15-12-2)38-47(62)7)33-35-58(60)59-36-34-57(43-61(59)64)66(55-31-27-45(5)28-32-55)63-48(8)39-52(21-16-13-3)40-49(63)9/h19,23-43H,11-18,20-22H2,1-10H3. The maximum Gasteiger partial charge on any atom is 0.0520 e. The Balaban J connectivity index is 1.34. The van der Waals surface area contributed by atoms with Crippen LogP contribution in [-0.4, -0.2) is 0 Å². The number of unbranched alkanes of at least 4 members (excludes halogenated alkanes) is 5. The van der Waals surface area contributed by atoms with Crippen LogP contribution in [0.1, 0.15) is 146 Å². The first-order chi connectivity index (χ1) is 31.9. The Labute approximate surface area is 398 Å². The predicted octanol–water partition coefficient (Wildman–Crippen LogP) is 18.6. The van der Waals surface area contributed by atoms with Gasteiger partial charge in [0.1, 0.15) is 0 Å². The van der Waals surface area contributed by atoms with E-state index in [4.69, 9.17) is 0 Å². The summed E-state index contributed by atoms with van der Waals surface area (Å²) in [5, 5.41) is 0. The molecule has 0 saturated carbocycles. The van der Waals surface area contributed by atoms with Crippen molar-refractivity contribution in [1.29, 1.82) is 0 Å². The molecule has 0 bridgehead atoms. The molecule has 7 aromatic rings. The molecule has 340 valence electrons. The van der Waals surface area contributed by atoms with Gasteiger partial charge in [0.2, 0.25) is 0 Å². The van der Waals surface area contributed by atoms with Gasteiger partial charge in [-0.25, -0.2) is 0 Å². The molecule has 0 saturated heterocycles. The van der Waals surface area contributed by atoms with Crippen LogP contribution in [0.3, 0.4) is 0 Å². The van der Waals surface area contributed by atoms with Crippen LogP contribution in [0.2, 0.25) is 0 Å². The first kappa shape index (κ1) is 46.7. The number of benzene rings is 7. The zero-order valence-corrected chi connectivity index (χ0v) is 41.9. The van der Waals surface area contributed by atoms with Crippen molar-refractivity contribution in [2.24, 2.45) is 0 Å². The van der Waals surface area contributed by atoms with Gasteiger partial charge in [0.05, 0.1) is 11.4 Å². The topological polar surface area (TPSA) is 6.48 Å². The molecule has 0 N–H and O–H groups in total. The summed E-state index contributed by atoms with van der Waals surface area (Å²) in [6, 6.07) is 52.2. The van der Waals surface area contributed by atoms with Gasteiger partial charge in [-0.3, -0.25) is 0 Å². The highest BCUT2D eigenvalue weighted by Gasteiger charge is 2.42. The number of aryl methyl sites for hydroxylation is 9. The summed E-state index contributed by atoms with van der Waals surface area (Å²) >= 11 is 0. The van der Waals surface area contributed by atoms with E-state index in [-0.39, 0.29) is 0 Å². The maximum absolute atomic E-state index is 2.54. The average Bonchev–Trinajstić information content (AvgIpc) is 3.56. The fourth-order valence-corrected chi connectivity index (χ4v) is 10.9. The fraction of sp³-hybridized carbons (Fsp3) is 0.344. The Morgan fingerprint density at radius 1 is 0.379 bits per heavy atom. The number of anilines is 6. The third-order valence-corrected chi connectivity index (χ3v) is 14.5. The zero-order valence-electron chi connectivity index (χ0n) is 41.9. The minimum Gasteiger partial charge on any atom is -0.310 e. The lowest BCUT2D eigenvalue weighted by Crippen LogP contribution is -2.24. The van der Waals surface area contributed by atoms with Crippen molar-refractivity contribution in [3.8, 4) is 11.1 Å². The second-order valence-electron chi connectivity index (χ2n) is 19.8. The minimum atomic E-state index is -0.420. The fourth-order valence-electron chi connectivity index (χ4n) is 10.9. The van der Waals surface area contributed by atoms with Crippen molar-refractivity contribution in [2.75, 3.05) is 9.80 Å². The molecule has 0 spiro atoms. The normalized spacial score (nSPS) is 12.6. The number of fused-ring (bicyclic) bond motifs is 3. The second-order valence-corrected chi connectivity index (χ2v) is 19.8. The van der Waals surface area contributed by atoms with Crippen LogP contribution in [0.4, 0.5) is 34.1 Å². The molecule has 7 aromatic carbocycles. The maximum atomic E-state index is 2.54. The quantitative estimate of drug-likeness (QED) is 0.0793. The second kappa shape index (κ2) is 20.3. The van der Waals surface area contributed by atoms with E-state index >= 15 is 0 Å². The van der Waals surface area contributed by atoms with Crippen LogP contribution < -0.4 is 9.80 Å². The van der Waals surface area contributed by atoms with Gasteiger partial charge in [0.15, 0.2) is 0 Å². The van der Waals surface area contributed by atoms with Crippen molar-refractivity contribution in [3.63, 3.8) is 0 Å². The molecule has 2 heteroatoms. The molecule has 0 aliphatic heterocycles. The number of hydrogen-bond donors (Lipinski definition) is 0. The van der Waals surface area contributed by atoms with Gasteiger partial charge in [0.25, 0.3) is 0 Å². The van der Waals surface area contributed by atoms with Crippen molar-refractivity contribution in [1.82, 2.24) is 0 Å². The van der Waals surface area contributed by atoms with Crippen molar-refractivity contribution >= 4 is 34.1 Å². The van der Waals surface area contributed by atoms with E-state index < -0.39 is 5.41 Å². The van der Waals surface area contributed by atoms with Crippen LogP contribution >= 0.6 is 0 Å². The van der Waals surface area contributed by atoms with E-state index in [1.807, 2.05) is 0 Å². The van der Waals surface area contributed by atoms with Gasteiger partial charge >= 0.3 is 0 Å². The molecular weight excluding hydrogens is 797 g/mol. The van der Waals surface area contributed by atoms with Crippen molar-refractivity contribution in [2.45, 2.75) is 145 Å². The van der Waals surface area contributed by atoms with E-state index in [0.717, 1.165) is 19.3 Å². The zero-order chi connectivity index (χ0) is 46.5. The van der Waals surface area contributed by atoms with E-state index in [2.05, 4.69) is 212 Å². The lowest BCUT2D eigenvalue weighted by atomic mass is 9.73. The van der Waals surface area contributed by atoms with E-state index in [1.165, 1.54) is 163 Å². The molecule has 0 unspecified atom stereocenters. The molecule has 0 fully saturated rings.